The van der Waals surface area contributed by atoms with Gasteiger partial charge in [-0.25, -0.2) is 0 Å². The minimum absolute atomic E-state index is 0.0530. The Kier molecular flexibility index (Phi) is 4.14. The van der Waals surface area contributed by atoms with Crippen LogP contribution in [-0.2, 0) is 0 Å². The Balaban J connectivity index is 1.53. The van der Waals surface area contributed by atoms with Crippen molar-refractivity contribution in [3.05, 3.63) is 66.0 Å². The molecule has 1 fully saturated rings. The van der Waals surface area contributed by atoms with E-state index in [9.17, 15) is 13.2 Å². The predicted octanol–water partition coefficient (Wildman–Crippen LogP) is 6.24. The maximum absolute atomic E-state index is 12.8. The van der Waals surface area contributed by atoms with Crippen LogP contribution in [0.25, 0.3) is 11.1 Å². The van der Waals surface area contributed by atoms with E-state index in [1.165, 1.54) is 18.9 Å². The molecule has 1 heterocycles. The summed E-state index contributed by atoms with van der Waals surface area (Å²) in [5.74, 6) is -0.613. The molecule has 0 amide bonds. The first-order valence-electron chi connectivity index (χ1n) is 8.82. The normalized spacial score (nSPS) is 23.6. The number of hydrogen-bond acceptors (Lipinski definition) is 1. The minimum atomic E-state index is -4.13. The highest BCUT2D eigenvalue weighted by molar-refractivity contribution is 5.63. The number of rotatable bonds is 3. The van der Waals surface area contributed by atoms with E-state index in [1.54, 1.807) is 6.08 Å². The van der Waals surface area contributed by atoms with Gasteiger partial charge in [0, 0.05) is 29.3 Å². The van der Waals surface area contributed by atoms with Gasteiger partial charge in [0.2, 0.25) is 0 Å². The van der Waals surface area contributed by atoms with Crippen LogP contribution in [0.5, 0.6) is 0 Å². The Hall–Kier alpha value is -2.10. The van der Waals surface area contributed by atoms with E-state index < -0.39 is 12.1 Å². The number of halogens is 3. The Bertz CT molecular complexity index is 772. The molecule has 2 unspecified atom stereocenters. The summed E-state index contributed by atoms with van der Waals surface area (Å²) in [5.41, 5.74) is 4.35. The van der Waals surface area contributed by atoms with E-state index in [0.717, 1.165) is 22.4 Å². The Labute approximate surface area is 145 Å². The van der Waals surface area contributed by atoms with E-state index in [4.69, 9.17) is 0 Å². The van der Waals surface area contributed by atoms with Gasteiger partial charge in [-0.3, -0.25) is 4.98 Å². The lowest BCUT2D eigenvalue weighted by atomic mass is 9.83. The summed E-state index contributed by atoms with van der Waals surface area (Å²) in [4.78, 5) is 4.56. The second-order valence-electron chi connectivity index (χ2n) is 7.09. The van der Waals surface area contributed by atoms with Crippen molar-refractivity contribution in [3.63, 3.8) is 0 Å². The molecule has 2 atom stereocenters. The zero-order valence-corrected chi connectivity index (χ0v) is 13.8. The first kappa shape index (κ1) is 16.4. The van der Waals surface area contributed by atoms with Crippen LogP contribution in [0.1, 0.15) is 48.8 Å². The van der Waals surface area contributed by atoms with Gasteiger partial charge in [-0.2, -0.15) is 13.2 Å². The number of hydrogen-bond donors (Lipinski definition) is 0. The van der Waals surface area contributed by atoms with E-state index in [1.807, 2.05) is 24.4 Å². The molecule has 0 bridgehead atoms. The molecule has 0 saturated heterocycles. The van der Waals surface area contributed by atoms with E-state index >= 15 is 0 Å². The number of pyridine rings is 1. The van der Waals surface area contributed by atoms with Gasteiger partial charge >= 0.3 is 6.18 Å². The lowest BCUT2D eigenvalue weighted by Crippen LogP contribution is -2.23. The average Bonchev–Trinajstić information content (AvgIpc) is 3.47. The van der Waals surface area contributed by atoms with Crippen molar-refractivity contribution in [2.24, 2.45) is 5.92 Å². The van der Waals surface area contributed by atoms with Gasteiger partial charge in [-0.1, -0.05) is 42.5 Å². The van der Waals surface area contributed by atoms with Crippen molar-refractivity contribution in [2.45, 2.75) is 43.7 Å². The molecular weight excluding hydrogens is 323 g/mol. The SMILES string of the molecule is FC(F)(F)C1C=CC(c2cccc(-c3ccc(C4CC4)nc3)c2)CC1. The second-order valence-corrected chi connectivity index (χ2v) is 7.09. The molecule has 1 aromatic heterocycles. The van der Waals surface area contributed by atoms with Gasteiger partial charge in [0.15, 0.2) is 0 Å². The van der Waals surface area contributed by atoms with Crippen LogP contribution in [0.3, 0.4) is 0 Å². The summed E-state index contributed by atoms with van der Waals surface area (Å²) in [6.45, 7) is 0. The summed E-state index contributed by atoms with van der Waals surface area (Å²) in [6.07, 6.45) is 3.97. The van der Waals surface area contributed by atoms with Gasteiger partial charge in [-0.05, 0) is 42.9 Å². The number of benzene rings is 1. The Morgan fingerprint density at radius 2 is 1.72 bits per heavy atom. The van der Waals surface area contributed by atoms with Crippen LogP contribution >= 0.6 is 0 Å². The Morgan fingerprint density at radius 1 is 0.880 bits per heavy atom. The fraction of sp³-hybridized carbons (Fsp3) is 0.381. The molecule has 2 aliphatic rings. The molecule has 25 heavy (non-hydrogen) atoms. The first-order valence-corrected chi connectivity index (χ1v) is 8.82. The molecule has 0 radical (unpaired) electrons. The monoisotopic (exact) mass is 343 g/mol. The van der Waals surface area contributed by atoms with Gasteiger partial charge in [-0.15, -0.1) is 0 Å². The summed E-state index contributed by atoms with van der Waals surface area (Å²) >= 11 is 0. The molecule has 4 rings (SSSR count). The number of allylic oxidation sites excluding steroid dienone is 2. The molecule has 2 aromatic rings. The van der Waals surface area contributed by atoms with Crippen molar-refractivity contribution >= 4 is 0 Å². The maximum Gasteiger partial charge on any atom is 0.395 e. The maximum atomic E-state index is 12.8. The molecule has 2 aliphatic carbocycles. The quantitative estimate of drug-likeness (QED) is 0.601. The molecule has 4 heteroatoms. The third-order valence-electron chi connectivity index (χ3n) is 5.21. The zero-order valence-electron chi connectivity index (χ0n) is 13.8. The molecule has 0 aliphatic heterocycles. The van der Waals surface area contributed by atoms with E-state index in [-0.39, 0.29) is 12.3 Å². The summed E-state index contributed by atoms with van der Waals surface area (Å²) in [7, 11) is 0. The van der Waals surface area contributed by atoms with Crippen LogP contribution in [0.2, 0.25) is 0 Å². The predicted molar refractivity (Wildman–Crippen MR) is 92.3 cm³/mol. The molecular formula is C21H20F3N. The number of aromatic nitrogens is 1. The van der Waals surface area contributed by atoms with Crippen LogP contribution in [-0.4, -0.2) is 11.2 Å². The van der Waals surface area contributed by atoms with Crippen molar-refractivity contribution in [2.75, 3.05) is 0 Å². The third-order valence-corrected chi connectivity index (χ3v) is 5.21. The summed E-state index contributed by atoms with van der Waals surface area (Å²) < 4.78 is 38.4. The highest BCUT2D eigenvalue weighted by atomic mass is 19.4. The third kappa shape index (κ3) is 3.63. The molecule has 0 N–H and O–H groups in total. The fourth-order valence-electron chi connectivity index (χ4n) is 3.52. The van der Waals surface area contributed by atoms with Crippen molar-refractivity contribution in [3.8, 4) is 11.1 Å². The molecule has 1 aromatic carbocycles. The fourth-order valence-corrected chi connectivity index (χ4v) is 3.52. The second kappa shape index (κ2) is 6.32. The van der Waals surface area contributed by atoms with E-state index in [0.29, 0.717) is 12.3 Å². The smallest absolute Gasteiger partial charge is 0.260 e. The lowest BCUT2D eigenvalue weighted by Gasteiger charge is -2.25. The molecule has 0 spiro atoms. The van der Waals surface area contributed by atoms with Crippen LogP contribution in [0.15, 0.2) is 54.7 Å². The largest absolute Gasteiger partial charge is 0.395 e. The van der Waals surface area contributed by atoms with E-state index in [2.05, 4.69) is 23.2 Å². The highest BCUT2D eigenvalue weighted by Gasteiger charge is 2.39. The van der Waals surface area contributed by atoms with Crippen molar-refractivity contribution < 1.29 is 13.2 Å². The Morgan fingerprint density at radius 3 is 2.32 bits per heavy atom. The number of alkyl halides is 3. The van der Waals surface area contributed by atoms with Gasteiger partial charge < -0.3 is 0 Å². The topological polar surface area (TPSA) is 12.9 Å². The van der Waals surface area contributed by atoms with Gasteiger partial charge in [0.25, 0.3) is 0 Å². The summed E-state index contributed by atoms with van der Waals surface area (Å²) in [5, 5.41) is 0. The van der Waals surface area contributed by atoms with Crippen molar-refractivity contribution in [1.29, 1.82) is 0 Å². The van der Waals surface area contributed by atoms with Crippen LogP contribution in [0.4, 0.5) is 13.2 Å². The lowest BCUT2D eigenvalue weighted by molar-refractivity contribution is -0.163. The first-order chi connectivity index (χ1) is 12.0. The molecule has 1 nitrogen and oxygen atoms in total. The summed E-state index contributed by atoms with van der Waals surface area (Å²) in [6, 6.07) is 12.3. The highest BCUT2D eigenvalue weighted by Crippen LogP contribution is 2.40. The zero-order chi connectivity index (χ0) is 17.4. The molecule has 1 saturated carbocycles. The van der Waals surface area contributed by atoms with Gasteiger partial charge in [0.1, 0.15) is 0 Å². The average molecular weight is 343 g/mol. The standard InChI is InChI=1S/C21H20F3N/c22-21(23,24)19-9-6-14(7-10-19)16-2-1-3-17(12-16)18-8-11-20(25-13-18)15-4-5-15/h1-3,6,8-9,11-15,19H,4-5,7,10H2. The van der Waals surface area contributed by atoms with Crippen molar-refractivity contribution in [1.82, 2.24) is 4.98 Å². The van der Waals surface area contributed by atoms with Crippen LogP contribution < -0.4 is 0 Å². The van der Waals surface area contributed by atoms with Gasteiger partial charge in [0.05, 0.1) is 5.92 Å². The molecule has 130 valence electrons. The number of nitrogens with zero attached hydrogens (tertiary/aromatic N) is 1. The minimum Gasteiger partial charge on any atom is -0.260 e. The van der Waals surface area contributed by atoms with Crippen LogP contribution in [0, 0.1) is 5.92 Å².